The van der Waals surface area contributed by atoms with Crippen LogP contribution in [0.4, 0.5) is 0 Å². The third kappa shape index (κ3) is 3.85. The Balaban J connectivity index is 1.29. The fraction of sp³-hybridized carbons (Fsp3) is 0.214. The number of rotatable bonds is 4. The highest BCUT2D eigenvalue weighted by Crippen LogP contribution is 2.38. The smallest absolute Gasteiger partial charge is 0.253 e. The predicted octanol–water partition coefficient (Wildman–Crippen LogP) is 5.30. The van der Waals surface area contributed by atoms with Gasteiger partial charge in [-0.25, -0.2) is 0 Å². The van der Waals surface area contributed by atoms with Crippen LogP contribution in [0.5, 0.6) is 0 Å². The summed E-state index contributed by atoms with van der Waals surface area (Å²) in [6, 6.07) is 16.1. The number of hydrogen-bond acceptors (Lipinski definition) is 4. The van der Waals surface area contributed by atoms with Crippen molar-refractivity contribution < 1.29 is 4.79 Å². The molecule has 0 spiro atoms. The summed E-state index contributed by atoms with van der Waals surface area (Å²) in [5.74, 6) is 0.585. The van der Waals surface area contributed by atoms with E-state index in [0.29, 0.717) is 17.1 Å². The summed E-state index contributed by atoms with van der Waals surface area (Å²) in [7, 11) is 0. The minimum Gasteiger partial charge on any atom is -0.347 e. The van der Waals surface area contributed by atoms with Crippen molar-refractivity contribution in [2.75, 3.05) is 0 Å². The van der Waals surface area contributed by atoms with Crippen molar-refractivity contribution in [3.8, 4) is 16.8 Å². The lowest BCUT2D eigenvalue weighted by Gasteiger charge is -2.27. The van der Waals surface area contributed by atoms with Crippen LogP contribution in [0.15, 0.2) is 67.3 Å². The average molecular weight is 497 g/mol. The molecule has 1 atom stereocenters. The molecule has 7 nitrogen and oxygen atoms in total. The molecule has 1 amide bonds. The van der Waals surface area contributed by atoms with Gasteiger partial charge in [-0.05, 0) is 63.1 Å². The van der Waals surface area contributed by atoms with E-state index in [0.717, 1.165) is 29.9 Å². The maximum absolute atomic E-state index is 13.2. The van der Waals surface area contributed by atoms with Gasteiger partial charge >= 0.3 is 0 Å². The summed E-state index contributed by atoms with van der Waals surface area (Å²) in [5, 5.41) is 12.8. The van der Waals surface area contributed by atoms with E-state index in [2.05, 4.69) is 56.3 Å². The second-order valence-electron chi connectivity index (χ2n) is 9.32. The van der Waals surface area contributed by atoms with Crippen molar-refractivity contribution >= 4 is 28.4 Å². The summed E-state index contributed by atoms with van der Waals surface area (Å²) < 4.78 is 4.18. The lowest BCUT2D eigenvalue weighted by molar-refractivity contribution is 0.0928. The Morgan fingerprint density at radius 3 is 2.78 bits per heavy atom. The van der Waals surface area contributed by atoms with E-state index < -0.39 is 0 Å². The summed E-state index contributed by atoms with van der Waals surface area (Å²) in [4.78, 5) is 17.6. The Hall–Kier alpha value is -3.97. The molecule has 5 aromatic rings. The number of nitrogens with one attached hydrogen (secondary N) is 1. The quantitative estimate of drug-likeness (QED) is 0.366. The zero-order valence-corrected chi connectivity index (χ0v) is 20.8. The lowest BCUT2D eigenvalue weighted by Crippen LogP contribution is -2.41. The Morgan fingerprint density at radius 2 is 2.03 bits per heavy atom. The molecule has 1 aliphatic rings. The predicted molar refractivity (Wildman–Crippen MR) is 141 cm³/mol. The fourth-order valence-corrected chi connectivity index (χ4v) is 5.47. The molecule has 180 valence electrons. The number of fused-ring (bicyclic) bond motifs is 3. The third-order valence-electron chi connectivity index (χ3n) is 6.94. The Labute approximate surface area is 213 Å². The van der Waals surface area contributed by atoms with Gasteiger partial charge in [-0.1, -0.05) is 29.3 Å². The first-order valence-corrected chi connectivity index (χ1v) is 12.4. The van der Waals surface area contributed by atoms with E-state index in [-0.39, 0.29) is 11.9 Å². The number of amides is 1. The standard InChI is InChI=1S/C28H25ClN6O/c1-17-5-9-25-23(12-17)27(19-4-3-11-30-14-19)26-10-6-20(15-34(25)26)32-28(36)22-8-7-21(13-24(22)29)35-16-31-33-18(35)2/h3-5,7-9,11-14,16,20H,6,10,15H2,1-2H3,(H,32,36). The average Bonchev–Trinajstić information content (AvgIpc) is 3.44. The lowest BCUT2D eigenvalue weighted by atomic mass is 9.97. The second kappa shape index (κ2) is 8.91. The van der Waals surface area contributed by atoms with Crippen LogP contribution in [0, 0.1) is 13.8 Å². The molecule has 3 aromatic heterocycles. The van der Waals surface area contributed by atoms with Gasteiger partial charge in [0.1, 0.15) is 12.2 Å². The van der Waals surface area contributed by atoms with Crippen LogP contribution < -0.4 is 5.32 Å². The molecule has 1 unspecified atom stereocenters. The van der Waals surface area contributed by atoms with Gasteiger partial charge in [-0.2, -0.15) is 0 Å². The zero-order valence-electron chi connectivity index (χ0n) is 20.1. The van der Waals surface area contributed by atoms with E-state index in [1.54, 1.807) is 24.7 Å². The molecule has 36 heavy (non-hydrogen) atoms. The number of nitrogens with zero attached hydrogens (tertiary/aromatic N) is 5. The first-order chi connectivity index (χ1) is 17.5. The van der Waals surface area contributed by atoms with Crippen LogP contribution in [0.3, 0.4) is 0 Å². The molecule has 0 bridgehead atoms. The summed E-state index contributed by atoms with van der Waals surface area (Å²) >= 11 is 6.53. The van der Waals surface area contributed by atoms with Crippen LogP contribution >= 0.6 is 11.6 Å². The van der Waals surface area contributed by atoms with Gasteiger partial charge in [0.2, 0.25) is 0 Å². The zero-order chi connectivity index (χ0) is 24.8. The van der Waals surface area contributed by atoms with Crippen LogP contribution in [-0.2, 0) is 13.0 Å². The number of hydrogen-bond donors (Lipinski definition) is 1. The Morgan fingerprint density at radius 1 is 1.14 bits per heavy atom. The van der Waals surface area contributed by atoms with E-state index in [4.69, 9.17) is 11.6 Å². The Bertz CT molecular complexity index is 1600. The van der Waals surface area contributed by atoms with Crippen molar-refractivity contribution in [1.29, 1.82) is 0 Å². The number of carbonyl (C=O) groups is 1. The van der Waals surface area contributed by atoms with Gasteiger partial charge in [0.05, 0.1) is 10.6 Å². The highest BCUT2D eigenvalue weighted by molar-refractivity contribution is 6.34. The maximum atomic E-state index is 13.2. The molecular formula is C28H25ClN6O. The van der Waals surface area contributed by atoms with E-state index >= 15 is 0 Å². The fourth-order valence-electron chi connectivity index (χ4n) is 5.21. The van der Waals surface area contributed by atoms with E-state index in [9.17, 15) is 4.79 Å². The van der Waals surface area contributed by atoms with Gasteiger partial charge in [0, 0.05) is 58.4 Å². The molecule has 1 aliphatic heterocycles. The molecular weight excluding hydrogens is 472 g/mol. The van der Waals surface area contributed by atoms with Gasteiger partial charge < -0.3 is 9.88 Å². The first kappa shape index (κ1) is 22.5. The van der Waals surface area contributed by atoms with Crippen molar-refractivity contribution in [3.63, 3.8) is 0 Å². The molecule has 6 rings (SSSR count). The molecule has 1 N–H and O–H groups in total. The second-order valence-corrected chi connectivity index (χ2v) is 9.72. The van der Waals surface area contributed by atoms with E-state index in [1.165, 1.54) is 27.7 Å². The minimum absolute atomic E-state index is 0.000474. The monoisotopic (exact) mass is 496 g/mol. The number of carbonyl (C=O) groups excluding carboxylic acids is 1. The van der Waals surface area contributed by atoms with Gasteiger partial charge in [0.15, 0.2) is 0 Å². The number of aryl methyl sites for hydroxylation is 2. The molecule has 0 fully saturated rings. The highest BCUT2D eigenvalue weighted by Gasteiger charge is 2.27. The topological polar surface area (TPSA) is 77.6 Å². The maximum Gasteiger partial charge on any atom is 0.253 e. The number of pyridine rings is 1. The number of aromatic nitrogens is 5. The highest BCUT2D eigenvalue weighted by atomic mass is 35.5. The largest absolute Gasteiger partial charge is 0.347 e. The van der Waals surface area contributed by atoms with Gasteiger partial charge in [-0.15, -0.1) is 10.2 Å². The third-order valence-corrected chi connectivity index (χ3v) is 7.25. The molecule has 2 aromatic carbocycles. The summed E-state index contributed by atoms with van der Waals surface area (Å²) in [5.41, 5.74) is 7.34. The number of benzene rings is 2. The summed E-state index contributed by atoms with van der Waals surface area (Å²) in [6.07, 6.45) is 7.07. The molecule has 4 heterocycles. The van der Waals surface area contributed by atoms with Gasteiger partial charge in [-0.3, -0.25) is 14.3 Å². The van der Waals surface area contributed by atoms with Crippen LogP contribution in [-0.4, -0.2) is 36.3 Å². The SMILES string of the molecule is Cc1ccc2c(c1)c(-c1cccnc1)c1n2CC(NC(=O)c2ccc(-n3cnnc3C)cc2Cl)CC1. The van der Waals surface area contributed by atoms with Crippen molar-refractivity contribution in [2.24, 2.45) is 0 Å². The molecule has 0 radical (unpaired) electrons. The van der Waals surface area contributed by atoms with Crippen molar-refractivity contribution in [2.45, 2.75) is 39.3 Å². The molecule has 0 saturated heterocycles. The van der Waals surface area contributed by atoms with Crippen molar-refractivity contribution in [3.05, 3.63) is 94.9 Å². The summed E-state index contributed by atoms with van der Waals surface area (Å²) in [6.45, 7) is 4.69. The van der Waals surface area contributed by atoms with Crippen LogP contribution in [0.25, 0.3) is 27.7 Å². The minimum atomic E-state index is -0.166. The van der Waals surface area contributed by atoms with E-state index in [1.807, 2.05) is 29.8 Å². The normalized spacial score (nSPS) is 15.1. The van der Waals surface area contributed by atoms with Crippen molar-refractivity contribution in [1.82, 2.24) is 29.6 Å². The first-order valence-electron chi connectivity index (χ1n) is 12.0. The van der Waals surface area contributed by atoms with Gasteiger partial charge in [0.25, 0.3) is 5.91 Å². The molecule has 8 heteroatoms. The number of halogens is 1. The molecule has 0 aliphatic carbocycles. The van der Waals surface area contributed by atoms with Crippen LogP contribution in [0.2, 0.25) is 5.02 Å². The Kier molecular flexibility index (Phi) is 5.57. The molecule has 0 saturated carbocycles. The van der Waals surface area contributed by atoms with Crippen LogP contribution in [0.1, 0.15) is 33.9 Å².